The van der Waals surface area contributed by atoms with Gasteiger partial charge in [-0.25, -0.2) is 8.42 Å². The third-order valence-corrected chi connectivity index (χ3v) is 4.39. The van der Waals surface area contributed by atoms with Crippen LogP contribution in [0.5, 0.6) is 0 Å². The van der Waals surface area contributed by atoms with Gasteiger partial charge in [-0.2, -0.15) is 4.31 Å². The van der Waals surface area contributed by atoms with E-state index in [1.807, 2.05) is 0 Å². The predicted octanol–water partition coefficient (Wildman–Crippen LogP) is 0.362. The maximum atomic E-state index is 12.2. The summed E-state index contributed by atoms with van der Waals surface area (Å²) >= 11 is 0. The monoisotopic (exact) mass is 256 g/mol. The van der Waals surface area contributed by atoms with Gasteiger partial charge in [0.1, 0.15) is 0 Å². The highest BCUT2D eigenvalue weighted by atomic mass is 32.2. The minimum absolute atomic E-state index is 0.187. The van der Waals surface area contributed by atoms with Crippen molar-refractivity contribution in [1.29, 1.82) is 0 Å². The van der Waals surface area contributed by atoms with Crippen LogP contribution in [-0.4, -0.2) is 39.3 Å². The number of likely N-dealkylation sites (N-methyl/N-ethyl adjacent to an activating group) is 2. The summed E-state index contributed by atoms with van der Waals surface area (Å²) in [5, 5.41) is 2.39. The number of carbonyl (C=O) groups excluding carboxylic acids is 1. The SMILES string of the molecule is CNC(=O)CN(C)S(=O)(=O)c1ccccc1C. The summed E-state index contributed by atoms with van der Waals surface area (Å²) in [6.07, 6.45) is 0. The van der Waals surface area contributed by atoms with E-state index < -0.39 is 10.0 Å². The molecule has 0 aromatic heterocycles. The van der Waals surface area contributed by atoms with Crippen molar-refractivity contribution in [2.24, 2.45) is 0 Å². The fourth-order valence-corrected chi connectivity index (χ4v) is 2.73. The van der Waals surface area contributed by atoms with Crippen LogP contribution in [0.2, 0.25) is 0 Å². The zero-order valence-corrected chi connectivity index (χ0v) is 10.9. The summed E-state index contributed by atoms with van der Waals surface area (Å²) in [6.45, 7) is 1.54. The van der Waals surface area contributed by atoms with Crippen molar-refractivity contribution in [3.05, 3.63) is 29.8 Å². The molecule has 0 aliphatic heterocycles. The van der Waals surface area contributed by atoms with Gasteiger partial charge in [0.2, 0.25) is 15.9 Å². The van der Waals surface area contributed by atoms with E-state index in [9.17, 15) is 13.2 Å². The maximum Gasteiger partial charge on any atom is 0.243 e. The van der Waals surface area contributed by atoms with Crippen LogP contribution < -0.4 is 5.32 Å². The van der Waals surface area contributed by atoms with Crippen LogP contribution in [0.3, 0.4) is 0 Å². The molecule has 0 radical (unpaired) electrons. The number of hydrogen-bond donors (Lipinski definition) is 1. The number of hydrogen-bond acceptors (Lipinski definition) is 3. The highest BCUT2D eigenvalue weighted by Crippen LogP contribution is 2.17. The summed E-state index contributed by atoms with van der Waals surface area (Å²) in [4.78, 5) is 11.4. The lowest BCUT2D eigenvalue weighted by molar-refractivity contribution is -0.120. The Bertz CT molecular complexity index is 511. The second-order valence-corrected chi connectivity index (χ2v) is 5.71. The molecule has 0 aliphatic carbocycles. The molecule has 1 aromatic rings. The number of sulfonamides is 1. The Balaban J connectivity index is 3.04. The van der Waals surface area contributed by atoms with E-state index >= 15 is 0 Å². The van der Waals surface area contributed by atoms with Gasteiger partial charge in [-0.3, -0.25) is 4.79 Å². The van der Waals surface area contributed by atoms with Crippen LogP contribution in [0.15, 0.2) is 29.2 Å². The van der Waals surface area contributed by atoms with Crippen LogP contribution in [-0.2, 0) is 14.8 Å². The molecular formula is C11H16N2O3S. The Morgan fingerprint density at radius 1 is 1.35 bits per heavy atom. The molecule has 1 rings (SSSR count). The number of aryl methyl sites for hydroxylation is 1. The molecule has 0 bridgehead atoms. The van der Waals surface area contributed by atoms with E-state index in [0.717, 1.165) is 4.31 Å². The number of rotatable bonds is 4. The van der Waals surface area contributed by atoms with Gasteiger partial charge in [0, 0.05) is 14.1 Å². The molecule has 1 aromatic carbocycles. The molecule has 94 valence electrons. The Kier molecular flexibility index (Phi) is 4.25. The quantitative estimate of drug-likeness (QED) is 0.846. The smallest absolute Gasteiger partial charge is 0.243 e. The number of benzene rings is 1. The van der Waals surface area contributed by atoms with Gasteiger partial charge in [0.25, 0.3) is 0 Å². The first-order valence-electron chi connectivity index (χ1n) is 5.12. The van der Waals surface area contributed by atoms with Crippen molar-refractivity contribution >= 4 is 15.9 Å². The minimum atomic E-state index is -3.60. The molecule has 0 saturated heterocycles. The standard InChI is InChI=1S/C11H16N2O3S/c1-9-6-4-5-7-10(9)17(15,16)13(3)8-11(14)12-2/h4-7H,8H2,1-3H3,(H,12,14). The molecule has 5 nitrogen and oxygen atoms in total. The van der Waals surface area contributed by atoms with Crippen LogP contribution in [0.1, 0.15) is 5.56 Å². The fourth-order valence-electron chi connectivity index (χ4n) is 1.38. The summed E-state index contributed by atoms with van der Waals surface area (Å²) in [5.41, 5.74) is 0.663. The van der Waals surface area contributed by atoms with Gasteiger partial charge in [0.05, 0.1) is 11.4 Å². The second kappa shape index (κ2) is 5.29. The van der Waals surface area contributed by atoms with Crippen molar-refractivity contribution in [2.75, 3.05) is 20.6 Å². The number of amides is 1. The average Bonchev–Trinajstić information content (AvgIpc) is 2.29. The molecule has 0 atom stereocenters. The third-order valence-electron chi connectivity index (χ3n) is 2.43. The van der Waals surface area contributed by atoms with Crippen molar-refractivity contribution in [3.8, 4) is 0 Å². The Morgan fingerprint density at radius 2 is 1.94 bits per heavy atom. The predicted molar refractivity (Wildman–Crippen MR) is 65.1 cm³/mol. The first-order valence-corrected chi connectivity index (χ1v) is 6.56. The molecule has 0 saturated carbocycles. The summed E-state index contributed by atoms with van der Waals surface area (Å²) in [7, 11) is -0.748. The first-order chi connectivity index (χ1) is 7.89. The lowest BCUT2D eigenvalue weighted by atomic mass is 10.2. The fraction of sp³-hybridized carbons (Fsp3) is 0.364. The van der Waals surface area contributed by atoms with Crippen molar-refractivity contribution < 1.29 is 13.2 Å². The highest BCUT2D eigenvalue weighted by molar-refractivity contribution is 7.89. The third kappa shape index (κ3) is 3.04. The van der Waals surface area contributed by atoms with Gasteiger partial charge in [0.15, 0.2) is 0 Å². The zero-order chi connectivity index (χ0) is 13.1. The van der Waals surface area contributed by atoms with Gasteiger partial charge in [-0.15, -0.1) is 0 Å². The van der Waals surface area contributed by atoms with E-state index in [1.165, 1.54) is 20.2 Å². The van der Waals surface area contributed by atoms with Gasteiger partial charge in [-0.05, 0) is 18.6 Å². The Hall–Kier alpha value is -1.40. The maximum absolute atomic E-state index is 12.2. The topological polar surface area (TPSA) is 66.5 Å². The van der Waals surface area contributed by atoms with Gasteiger partial charge >= 0.3 is 0 Å². The van der Waals surface area contributed by atoms with Crippen LogP contribution in [0, 0.1) is 6.92 Å². The number of nitrogens with one attached hydrogen (secondary N) is 1. The molecular weight excluding hydrogens is 240 g/mol. The molecule has 1 N–H and O–H groups in total. The van der Waals surface area contributed by atoms with Crippen molar-refractivity contribution in [1.82, 2.24) is 9.62 Å². The van der Waals surface area contributed by atoms with Crippen molar-refractivity contribution in [2.45, 2.75) is 11.8 Å². The Labute approximate surface area is 101 Å². The molecule has 0 heterocycles. The summed E-state index contributed by atoms with van der Waals surface area (Å²) < 4.78 is 25.3. The molecule has 0 unspecified atom stereocenters. The van der Waals surface area contributed by atoms with E-state index in [2.05, 4.69) is 5.32 Å². The van der Waals surface area contributed by atoms with E-state index in [1.54, 1.807) is 25.1 Å². The van der Waals surface area contributed by atoms with Crippen LogP contribution in [0.25, 0.3) is 0 Å². The molecule has 6 heteroatoms. The lowest BCUT2D eigenvalue weighted by Crippen LogP contribution is -2.37. The summed E-state index contributed by atoms with van der Waals surface area (Å²) in [6, 6.07) is 6.69. The molecule has 0 spiro atoms. The number of carbonyl (C=O) groups is 1. The molecule has 0 aliphatic rings. The number of nitrogens with zero attached hydrogens (tertiary/aromatic N) is 1. The Morgan fingerprint density at radius 3 is 2.47 bits per heavy atom. The van der Waals surface area contributed by atoms with E-state index in [-0.39, 0.29) is 17.3 Å². The van der Waals surface area contributed by atoms with Gasteiger partial charge in [-0.1, -0.05) is 18.2 Å². The highest BCUT2D eigenvalue weighted by Gasteiger charge is 2.23. The van der Waals surface area contributed by atoms with E-state index in [0.29, 0.717) is 5.56 Å². The van der Waals surface area contributed by atoms with Gasteiger partial charge < -0.3 is 5.32 Å². The van der Waals surface area contributed by atoms with E-state index in [4.69, 9.17) is 0 Å². The zero-order valence-electron chi connectivity index (χ0n) is 10.1. The van der Waals surface area contributed by atoms with Crippen LogP contribution in [0.4, 0.5) is 0 Å². The average molecular weight is 256 g/mol. The van der Waals surface area contributed by atoms with Crippen LogP contribution >= 0.6 is 0 Å². The second-order valence-electron chi connectivity index (χ2n) is 3.70. The minimum Gasteiger partial charge on any atom is -0.358 e. The summed E-state index contributed by atoms with van der Waals surface area (Å²) in [5.74, 6) is -0.343. The largest absolute Gasteiger partial charge is 0.358 e. The molecule has 0 fully saturated rings. The molecule has 17 heavy (non-hydrogen) atoms. The molecule has 1 amide bonds. The normalized spacial score (nSPS) is 11.5. The first kappa shape index (κ1) is 13.7. The lowest BCUT2D eigenvalue weighted by Gasteiger charge is -2.17. The van der Waals surface area contributed by atoms with Crippen molar-refractivity contribution in [3.63, 3.8) is 0 Å².